The van der Waals surface area contributed by atoms with Crippen molar-refractivity contribution in [2.75, 3.05) is 13.2 Å². The maximum Gasteiger partial charge on any atom is 0.184 e. The number of ether oxygens (including phenoxy) is 3. The monoisotopic (exact) mass is 254 g/mol. The molecule has 2 aliphatic heterocycles. The van der Waals surface area contributed by atoms with Crippen molar-refractivity contribution in [2.45, 2.75) is 30.8 Å². The fourth-order valence-electron chi connectivity index (χ4n) is 2.29. The lowest BCUT2D eigenvalue weighted by Gasteiger charge is -2.42. The quantitative estimate of drug-likeness (QED) is 0.818. The van der Waals surface area contributed by atoms with E-state index in [1.165, 1.54) is 0 Å². The minimum Gasteiger partial charge on any atom is -0.388 e. The van der Waals surface area contributed by atoms with Crippen LogP contribution in [0.25, 0.3) is 0 Å². The summed E-state index contributed by atoms with van der Waals surface area (Å²) >= 11 is 0. The first-order valence-corrected chi connectivity index (χ1v) is 6.01. The van der Waals surface area contributed by atoms with Gasteiger partial charge >= 0.3 is 0 Å². The molecule has 18 heavy (non-hydrogen) atoms. The molecule has 0 aromatic heterocycles. The van der Waals surface area contributed by atoms with Gasteiger partial charge in [-0.1, -0.05) is 30.3 Å². The topological polar surface area (TPSA) is 47.9 Å². The first kappa shape index (κ1) is 12.0. The van der Waals surface area contributed by atoms with Crippen molar-refractivity contribution in [1.29, 1.82) is 0 Å². The van der Waals surface area contributed by atoms with Crippen molar-refractivity contribution in [3.8, 4) is 0 Å². The van der Waals surface area contributed by atoms with Crippen LogP contribution in [0.15, 0.2) is 30.3 Å². The van der Waals surface area contributed by atoms with Gasteiger partial charge in [-0.25, -0.2) is 4.39 Å². The summed E-state index contributed by atoms with van der Waals surface area (Å²) in [6, 6.07) is 9.35. The number of hydrogen-bond donors (Lipinski definition) is 1. The van der Waals surface area contributed by atoms with Gasteiger partial charge in [0, 0.05) is 5.56 Å². The van der Waals surface area contributed by atoms with Gasteiger partial charge in [-0.3, -0.25) is 0 Å². The van der Waals surface area contributed by atoms with Gasteiger partial charge in [0.1, 0.15) is 18.3 Å². The van der Waals surface area contributed by atoms with Gasteiger partial charge in [0.2, 0.25) is 0 Å². The van der Waals surface area contributed by atoms with Crippen LogP contribution in [-0.2, 0) is 14.2 Å². The van der Waals surface area contributed by atoms with E-state index in [1.807, 2.05) is 30.3 Å². The molecule has 2 heterocycles. The SMILES string of the molecule is O[C@H]1CO[C@@H]2CO[C@@H](c3ccccc3)OC2[C@H]1F. The number of rotatable bonds is 1. The highest BCUT2D eigenvalue weighted by molar-refractivity contribution is 5.16. The minimum atomic E-state index is -1.43. The molecule has 0 bridgehead atoms. The maximum absolute atomic E-state index is 13.9. The normalized spacial score (nSPS) is 40.2. The van der Waals surface area contributed by atoms with Gasteiger partial charge in [-0.15, -0.1) is 0 Å². The third-order valence-corrected chi connectivity index (χ3v) is 3.29. The molecule has 2 fully saturated rings. The predicted molar refractivity (Wildman–Crippen MR) is 60.7 cm³/mol. The van der Waals surface area contributed by atoms with Crippen LogP contribution < -0.4 is 0 Å². The molecule has 2 aliphatic rings. The van der Waals surface area contributed by atoms with Gasteiger partial charge in [0.05, 0.1) is 13.2 Å². The number of hydrogen-bond acceptors (Lipinski definition) is 4. The number of aliphatic hydroxyl groups excluding tert-OH is 1. The summed E-state index contributed by atoms with van der Waals surface area (Å²) < 4.78 is 30.3. The molecule has 1 aromatic rings. The van der Waals surface area contributed by atoms with Crippen molar-refractivity contribution in [3.05, 3.63) is 35.9 Å². The smallest absolute Gasteiger partial charge is 0.184 e. The van der Waals surface area contributed by atoms with E-state index in [-0.39, 0.29) is 13.2 Å². The largest absolute Gasteiger partial charge is 0.388 e. The molecule has 98 valence electrons. The van der Waals surface area contributed by atoms with Crippen molar-refractivity contribution >= 4 is 0 Å². The molecule has 0 aliphatic carbocycles. The summed E-state index contributed by atoms with van der Waals surface area (Å²) in [6.07, 6.45) is -4.37. The molecule has 1 N–H and O–H groups in total. The lowest BCUT2D eigenvalue weighted by molar-refractivity contribution is -0.305. The molecule has 2 saturated heterocycles. The van der Waals surface area contributed by atoms with Crippen LogP contribution in [0.3, 0.4) is 0 Å². The average Bonchev–Trinajstić information content (AvgIpc) is 2.44. The molecule has 5 heteroatoms. The fourth-order valence-corrected chi connectivity index (χ4v) is 2.29. The summed E-state index contributed by atoms with van der Waals surface area (Å²) in [5, 5.41) is 9.45. The number of halogens is 1. The molecule has 0 radical (unpaired) electrons. The van der Waals surface area contributed by atoms with Crippen LogP contribution in [0, 0.1) is 0 Å². The van der Waals surface area contributed by atoms with E-state index in [0.717, 1.165) is 5.56 Å². The summed E-state index contributed by atoms with van der Waals surface area (Å²) in [4.78, 5) is 0. The van der Waals surface area contributed by atoms with Crippen LogP contribution in [-0.4, -0.2) is 42.8 Å². The lowest BCUT2D eigenvalue weighted by Crippen LogP contribution is -2.56. The van der Waals surface area contributed by atoms with Crippen LogP contribution in [0.4, 0.5) is 4.39 Å². The minimum absolute atomic E-state index is 0.00887. The van der Waals surface area contributed by atoms with Crippen LogP contribution >= 0.6 is 0 Å². The Morgan fingerprint density at radius 2 is 1.89 bits per heavy atom. The number of benzene rings is 1. The number of alkyl halides is 1. The predicted octanol–water partition coefficient (Wildman–Crippen LogP) is 1.20. The van der Waals surface area contributed by atoms with Gasteiger partial charge in [-0.05, 0) is 0 Å². The van der Waals surface area contributed by atoms with E-state index in [2.05, 4.69) is 0 Å². The van der Waals surface area contributed by atoms with E-state index >= 15 is 0 Å². The Balaban J connectivity index is 1.75. The molecule has 1 unspecified atom stereocenters. The highest BCUT2D eigenvalue weighted by Gasteiger charge is 2.45. The highest BCUT2D eigenvalue weighted by atomic mass is 19.1. The molecule has 3 rings (SSSR count). The average molecular weight is 254 g/mol. The van der Waals surface area contributed by atoms with E-state index in [1.54, 1.807) is 0 Å². The molecular formula is C13H15FO4. The van der Waals surface area contributed by atoms with Crippen molar-refractivity contribution in [2.24, 2.45) is 0 Å². The second-order valence-electron chi connectivity index (χ2n) is 4.56. The summed E-state index contributed by atoms with van der Waals surface area (Å²) in [5.74, 6) is 0. The Labute approximate surface area is 104 Å². The Morgan fingerprint density at radius 1 is 1.11 bits per heavy atom. The Kier molecular flexibility index (Phi) is 3.30. The van der Waals surface area contributed by atoms with Gasteiger partial charge in [0.25, 0.3) is 0 Å². The molecule has 0 saturated carbocycles. The van der Waals surface area contributed by atoms with Crippen LogP contribution in [0.1, 0.15) is 11.9 Å². The van der Waals surface area contributed by atoms with E-state index in [9.17, 15) is 9.50 Å². The zero-order valence-electron chi connectivity index (χ0n) is 9.74. The summed E-state index contributed by atoms with van der Waals surface area (Å²) in [6.45, 7) is 0.266. The standard InChI is InChI=1S/C13H15FO4/c14-11-9(15)6-16-10-7-17-13(18-12(10)11)8-4-2-1-3-5-8/h1-5,9-13,15H,6-7H2/t9-,10+,11-,12?,13+/m0/s1. The third kappa shape index (κ3) is 2.14. The molecule has 5 atom stereocenters. The Morgan fingerprint density at radius 3 is 2.67 bits per heavy atom. The highest BCUT2D eigenvalue weighted by Crippen LogP contribution is 2.33. The molecular weight excluding hydrogens is 239 g/mol. The lowest BCUT2D eigenvalue weighted by atomic mass is 10.0. The fraction of sp³-hybridized carbons (Fsp3) is 0.538. The van der Waals surface area contributed by atoms with Gasteiger partial charge < -0.3 is 19.3 Å². The first-order valence-electron chi connectivity index (χ1n) is 6.01. The summed E-state index contributed by atoms with van der Waals surface area (Å²) in [7, 11) is 0. The van der Waals surface area contributed by atoms with E-state index < -0.39 is 30.8 Å². The zero-order valence-corrected chi connectivity index (χ0v) is 9.74. The molecule has 1 aromatic carbocycles. The van der Waals surface area contributed by atoms with E-state index in [0.29, 0.717) is 0 Å². The van der Waals surface area contributed by atoms with Crippen molar-refractivity contribution < 1.29 is 23.7 Å². The number of aliphatic hydroxyl groups is 1. The second-order valence-corrected chi connectivity index (χ2v) is 4.56. The molecule has 4 nitrogen and oxygen atoms in total. The third-order valence-electron chi connectivity index (χ3n) is 3.29. The first-order chi connectivity index (χ1) is 8.75. The Bertz CT molecular complexity index is 397. The number of fused-ring (bicyclic) bond motifs is 1. The zero-order chi connectivity index (χ0) is 12.5. The molecule has 0 amide bonds. The van der Waals surface area contributed by atoms with Crippen molar-refractivity contribution in [1.82, 2.24) is 0 Å². The van der Waals surface area contributed by atoms with Crippen LogP contribution in [0.2, 0.25) is 0 Å². The Hall–Kier alpha value is -1.01. The second kappa shape index (κ2) is 4.93. The van der Waals surface area contributed by atoms with Gasteiger partial charge in [-0.2, -0.15) is 0 Å². The maximum atomic E-state index is 13.9. The van der Waals surface area contributed by atoms with E-state index in [4.69, 9.17) is 14.2 Å². The molecule has 0 spiro atoms. The summed E-state index contributed by atoms with van der Waals surface area (Å²) in [5.41, 5.74) is 0.836. The van der Waals surface area contributed by atoms with Crippen molar-refractivity contribution in [3.63, 3.8) is 0 Å². The van der Waals surface area contributed by atoms with Crippen LogP contribution in [0.5, 0.6) is 0 Å². The van der Waals surface area contributed by atoms with Gasteiger partial charge in [0.15, 0.2) is 12.5 Å².